The number of aromatic amines is 1. The summed E-state index contributed by atoms with van der Waals surface area (Å²) in [6, 6.07) is 0. The molecule has 0 saturated heterocycles. The van der Waals surface area contributed by atoms with E-state index in [-0.39, 0.29) is 12.4 Å². The Hall–Kier alpha value is -1.92. The highest BCUT2D eigenvalue weighted by Crippen LogP contribution is 2.37. The standard InChI is InChI=1S/C9H12N4O3/c1-13(4-6(14)15)9(16)8-10-7(11-12-8)5-2-3-5/h5H,2-4H2,1H3,(H,14,15)(H,10,11,12). The number of nitrogens with one attached hydrogen (secondary N) is 1. The first-order valence-electron chi connectivity index (χ1n) is 4.97. The lowest BCUT2D eigenvalue weighted by molar-refractivity contribution is -0.137. The number of amides is 1. The van der Waals surface area contributed by atoms with Crippen LogP contribution in [0.25, 0.3) is 0 Å². The normalized spacial score (nSPS) is 14.8. The number of aliphatic carboxylic acids is 1. The minimum Gasteiger partial charge on any atom is -0.480 e. The van der Waals surface area contributed by atoms with Crippen molar-refractivity contribution in [3.05, 3.63) is 11.6 Å². The molecule has 1 aliphatic rings. The fourth-order valence-corrected chi connectivity index (χ4v) is 1.35. The van der Waals surface area contributed by atoms with Gasteiger partial charge in [-0.2, -0.15) is 0 Å². The largest absolute Gasteiger partial charge is 0.480 e. The van der Waals surface area contributed by atoms with Crippen LogP contribution in [0.2, 0.25) is 0 Å². The van der Waals surface area contributed by atoms with Crippen LogP contribution in [0.1, 0.15) is 35.2 Å². The van der Waals surface area contributed by atoms with Gasteiger partial charge in [-0.05, 0) is 12.8 Å². The van der Waals surface area contributed by atoms with Crippen LogP contribution in [0.5, 0.6) is 0 Å². The molecule has 0 radical (unpaired) electrons. The van der Waals surface area contributed by atoms with Crippen molar-refractivity contribution in [2.45, 2.75) is 18.8 Å². The van der Waals surface area contributed by atoms with Crippen LogP contribution in [-0.4, -0.2) is 50.7 Å². The van der Waals surface area contributed by atoms with Crippen molar-refractivity contribution in [3.63, 3.8) is 0 Å². The van der Waals surface area contributed by atoms with E-state index in [4.69, 9.17) is 5.11 Å². The smallest absolute Gasteiger partial charge is 0.323 e. The highest BCUT2D eigenvalue weighted by Gasteiger charge is 2.28. The first-order valence-corrected chi connectivity index (χ1v) is 4.97. The molecule has 7 nitrogen and oxygen atoms in total. The Morgan fingerprint density at radius 2 is 2.25 bits per heavy atom. The number of hydrogen-bond acceptors (Lipinski definition) is 4. The molecule has 0 aromatic carbocycles. The molecule has 0 spiro atoms. The van der Waals surface area contributed by atoms with Gasteiger partial charge in [-0.15, -0.1) is 5.10 Å². The number of aromatic nitrogens is 3. The minimum atomic E-state index is -1.06. The van der Waals surface area contributed by atoms with Crippen LogP contribution in [0.3, 0.4) is 0 Å². The summed E-state index contributed by atoms with van der Waals surface area (Å²) in [6.07, 6.45) is 2.13. The van der Waals surface area contributed by atoms with Crippen LogP contribution in [0, 0.1) is 0 Å². The van der Waals surface area contributed by atoms with E-state index in [1.807, 2.05) is 0 Å². The lowest BCUT2D eigenvalue weighted by Gasteiger charge is -2.11. The molecular formula is C9H12N4O3. The number of carbonyl (C=O) groups is 2. The summed E-state index contributed by atoms with van der Waals surface area (Å²) in [5, 5.41) is 15.0. The lowest BCUT2D eigenvalue weighted by atomic mass is 10.4. The van der Waals surface area contributed by atoms with Gasteiger partial charge in [0.1, 0.15) is 12.4 Å². The molecule has 16 heavy (non-hydrogen) atoms. The van der Waals surface area contributed by atoms with E-state index < -0.39 is 11.9 Å². The molecule has 1 aromatic rings. The number of nitrogens with zero attached hydrogens (tertiary/aromatic N) is 3. The van der Waals surface area contributed by atoms with Crippen molar-refractivity contribution in [1.82, 2.24) is 20.1 Å². The molecule has 2 rings (SSSR count). The van der Waals surface area contributed by atoms with Crippen molar-refractivity contribution in [2.75, 3.05) is 13.6 Å². The summed E-state index contributed by atoms with van der Waals surface area (Å²) >= 11 is 0. The molecular weight excluding hydrogens is 212 g/mol. The number of rotatable bonds is 4. The van der Waals surface area contributed by atoms with Gasteiger partial charge < -0.3 is 10.0 Å². The van der Waals surface area contributed by atoms with Crippen molar-refractivity contribution >= 4 is 11.9 Å². The average Bonchev–Trinajstić information content (AvgIpc) is 2.95. The topological polar surface area (TPSA) is 99.2 Å². The van der Waals surface area contributed by atoms with Gasteiger partial charge in [0.25, 0.3) is 5.91 Å². The number of carbonyl (C=O) groups excluding carboxylic acids is 1. The molecule has 0 bridgehead atoms. The third kappa shape index (κ3) is 2.18. The second kappa shape index (κ2) is 3.92. The van der Waals surface area contributed by atoms with Crippen molar-refractivity contribution in [3.8, 4) is 0 Å². The van der Waals surface area contributed by atoms with Crippen molar-refractivity contribution in [2.24, 2.45) is 0 Å². The van der Waals surface area contributed by atoms with E-state index in [0.717, 1.165) is 17.7 Å². The molecule has 2 N–H and O–H groups in total. The zero-order valence-electron chi connectivity index (χ0n) is 8.80. The van der Waals surface area contributed by atoms with E-state index in [0.29, 0.717) is 11.7 Å². The summed E-state index contributed by atoms with van der Waals surface area (Å²) in [4.78, 5) is 27.2. The highest BCUT2D eigenvalue weighted by atomic mass is 16.4. The Morgan fingerprint density at radius 1 is 1.56 bits per heavy atom. The number of hydrogen-bond donors (Lipinski definition) is 2. The first kappa shape index (κ1) is 10.6. The maximum Gasteiger partial charge on any atom is 0.323 e. The predicted octanol–water partition coefficient (Wildman–Crippen LogP) is -0.161. The van der Waals surface area contributed by atoms with Crippen LogP contribution in [0.4, 0.5) is 0 Å². The number of carboxylic acid groups (broad SMARTS) is 1. The molecule has 1 saturated carbocycles. The second-order valence-electron chi connectivity index (χ2n) is 3.87. The first-order chi connectivity index (χ1) is 7.58. The van der Waals surface area contributed by atoms with E-state index in [2.05, 4.69) is 15.2 Å². The Morgan fingerprint density at radius 3 is 2.81 bits per heavy atom. The Kier molecular flexibility index (Phi) is 2.59. The van der Waals surface area contributed by atoms with Gasteiger partial charge in [0.05, 0.1) is 0 Å². The molecule has 0 aliphatic heterocycles. The molecule has 1 aliphatic carbocycles. The van der Waals surface area contributed by atoms with E-state index >= 15 is 0 Å². The molecule has 1 heterocycles. The van der Waals surface area contributed by atoms with Gasteiger partial charge in [-0.1, -0.05) is 0 Å². The fraction of sp³-hybridized carbons (Fsp3) is 0.556. The second-order valence-corrected chi connectivity index (χ2v) is 3.87. The summed E-state index contributed by atoms with van der Waals surface area (Å²) in [5.41, 5.74) is 0. The number of likely N-dealkylation sites (N-methyl/N-ethyl adjacent to an activating group) is 1. The monoisotopic (exact) mass is 224 g/mol. The van der Waals surface area contributed by atoms with E-state index in [1.165, 1.54) is 7.05 Å². The maximum atomic E-state index is 11.7. The minimum absolute atomic E-state index is 0.0330. The van der Waals surface area contributed by atoms with Crippen LogP contribution >= 0.6 is 0 Å². The van der Waals surface area contributed by atoms with Gasteiger partial charge in [0, 0.05) is 13.0 Å². The summed E-state index contributed by atoms with van der Waals surface area (Å²) in [6.45, 7) is -0.355. The highest BCUT2D eigenvalue weighted by molar-refractivity contribution is 5.92. The lowest BCUT2D eigenvalue weighted by Crippen LogP contribution is -2.32. The van der Waals surface area contributed by atoms with Crippen LogP contribution in [0.15, 0.2) is 0 Å². The maximum absolute atomic E-state index is 11.7. The SMILES string of the molecule is CN(CC(=O)O)C(=O)c1n[nH]c(C2CC2)n1. The third-order valence-electron chi connectivity index (χ3n) is 2.38. The van der Waals surface area contributed by atoms with Gasteiger partial charge in [0.2, 0.25) is 5.82 Å². The Bertz CT molecular complexity index is 424. The van der Waals surface area contributed by atoms with Gasteiger partial charge in [-0.25, -0.2) is 4.98 Å². The van der Waals surface area contributed by atoms with E-state index in [1.54, 1.807) is 0 Å². The Labute approximate surface area is 91.5 Å². The van der Waals surface area contributed by atoms with Gasteiger partial charge >= 0.3 is 5.97 Å². The fourth-order valence-electron chi connectivity index (χ4n) is 1.35. The third-order valence-corrected chi connectivity index (χ3v) is 2.38. The zero-order chi connectivity index (χ0) is 11.7. The molecule has 86 valence electrons. The zero-order valence-corrected chi connectivity index (χ0v) is 8.80. The van der Waals surface area contributed by atoms with Crippen LogP contribution < -0.4 is 0 Å². The van der Waals surface area contributed by atoms with Crippen LogP contribution in [-0.2, 0) is 4.79 Å². The number of H-pyrrole nitrogens is 1. The predicted molar refractivity (Wildman–Crippen MR) is 53.0 cm³/mol. The molecule has 1 amide bonds. The molecule has 1 aromatic heterocycles. The summed E-state index contributed by atoms with van der Waals surface area (Å²) < 4.78 is 0. The van der Waals surface area contributed by atoms with E-state index in [9.17, 15) is 9.59 Å². The van der Waals surface area contributed by atoms with Gasteiger partial charge in [0.15, 0.2) is 0 Å². The molecule has 0 atom stereocenters. The summed E-state index contributed by atoms with van der Waals surface area (Å²) in [7, 11) is 1.41. The summed E-state index contributed by atoms with van der Waals surface area (Å²) in [5.74, 6) is -0.407. The van der Waals surface area contributed by atoms with Crippen molar-refractivity contribution < 1.29 is 14.7 Å². The van der Waals surface area contributed by atoms with Crippen molar-refractivity contribution in [1.29, 1.82) is 0 Å². The quantitative estimate of drug-likeness (QED) is 0.740. The molecule has 0 unspecified atom stereocenters. The number of carboxylic acids is 1. The molecule has 7 heteroatoms. The molecule has 1 fully saturated rings. The van der Waals surface area contributed by atoms with Gasteiger partial charge in [-0.3, -0.25) is 14.7 Å². The average molecular weight is 224 g/mol. The Balaban J connectivity index is 2.04.